The second-order valence-corrected chi connectivity index (χ2v) is 7.18. The monoisotopic (exact) mass is 344 g/mol. The largest absolute Gasteiger partial charge is 0.376 e. The predicted octanol–water partition coefficient (Wildman–Crippen LogP) is 2.06. The molecule has 0 spiro atoms. The molecule has 1 aliphatic heterocycles. The number of carbonyl (C=O) groups excluding carboxylic acids is 1. The lowest BCUT2D eigenvalue weighted by molar-refractivity contribution is 0.0508. The molecule has 0 bridgehead atoms. The number of rotatable bonds is 6. The van der Waals surface area contributed by atoms with E-state index in [0.717, 1.165) is 42.5 Å². The smallest absolute Gasteiger partial charge is 0.275 e. The Morgan fingerprint density at radius 3 is 2.84 bits per heavy atom. The number of fused-ring (bicyclic) bond motifs is 1. The van der Waals surface area contributed by atoms with Crippen LogP contribution in [0.2, 0.25) is 0 Å². The molecule has 1 aliphatic rings. The van der Waals surface area contributed by atoms with Gasteiger partial charge in [0.25, 0.3) is 5.91 Å². The second kappa shape index (κ2) is 7.54. The van der Waals surface area contributed by atoms with Crippen LogP contribution in [-0.4, -0.2) is 71.9 Å². The van der Waals surface area contributed by atoms with Crippen LogP contribution in [-0.2, 0) is 11.8 Å². The van der Waals surface area contributed by atoms with E-state index < -0.39 is 0 Å². The molecular weight excluding hydrogens is 316 g/mol. The van der Waals surface area contributed by atoms with Crippen LogP contribution >= 0.6 is 0 Å². The van der Waals surface area contributed by atoms with E-state index in [0.29, 0.717) is 18.8 Å². The standard InChI is InChI=1S/C19H28N4O2/c1-14-7-8-17-16(12-14)18(20-22(17)4)19(24)23(10-9-21(2)3)13-15-6-5-11-25-15/h7-8,12,15H,5-6,9-11,13H2,1-4H3. The molecule has 1 unspecified atom stereocenters. The van der Waals surface area contributed by atoms with Gasteiger partial charge in [-0.2, -0.15) is 5.10 Å². The van der Waals surface area contributed by atoms with Gasteiger partial charge in [0.05, 0.1) is 11.6 Å². The van der Waals surface area contributed by atoms with E-state index in [-0.39, 0.29) is 12.0 Å². The first-order valence-electron chi connectivity index (χ1n) is 8.94. The van der Waals surface area contributed by atoms with Crippen LogP contribution in [0.15, 0.2) is 18.2 Å². The molecule has 6 nitrogen and oxygen atoms in total. The molecule has 3 rings (SSSR count). The lowest BCUT2D eigenvalue weighted by atomic mass is 10.1. The van der Waals surface area contributed by atoms with E-state index in [4.69, 9.17) is 4.74 Å². The van der Waals surface area contributed by atoms with Crippen molar-refractivity contribution in [3.63, 3.8) is 0 Å². The van der Waals surface area contributed by atoms with Crippen LogP contribution < -0.4 is 0 Å². The summed E-state index contributed by atoms with van der Waals surface area (Å²) in [6.07, 6.45) is 2.24. The minimum Gasteiger partial charge on any atom is -0.376 e. The highest BCUT2D eigenvalue weighted by Gasteiger charge is 2.26. The topological polar surface area (TPSA) is 50.6 Å². The van der Waals surface area contributed by atoms with Crippen LogP contribution in [0.4, 0.5) is 0 Å². The summed E-state index contributed by atoms with van der Waals surface area (Å²) < 4.78 is 7.54. The lowest BCUT2D eigenvalue weighted by Gasteiger charge is -2.26. The van der Waals surface area contributed by atoms with Gasteiger partial charge in [-0.05, 0) is 46.0 Å². The average molecular weight is 344 g/mol. The number of ether oxygens (including phenoxy) is 1. The summed E-state index contributed by atoms with van der Waals surface area (Å²) in [6.45, 7) is 4.97. The molecule has 1 aromatic carbocycles. The first-order chi connectivity index (χ1) is 12.0. The van der Waals surface area contributed by atoms with Crippen molar-refractivity contribution in [2.75, 3.05) is 40.3 Å². The number of amides is 1. The van der Waals surface area contributed by atoms with Crippen LogP contribution in [0.1, 0.15) is 28.9 Å². The maximum absolute atomic E-state index is 13.3. The number of benzene rings is 1. The Morgan fingerprint density at radius 1 is 1.36 bits per heavy atom. The fraction of sp³-hybridized carbons (Fsp3) is 0.579. The van der Waals surface area contributed by atoms with Crippen molar-refractivity contribution in [2.45, 2.75) is 25.9 Å². The minimum absolute atomic E-state index is 0.00597. The highest BCUT2D eigenvalue weighted by atomic mass is 16.5. The first-order valence-corrected chi connectivity index (χ1v) is 8.94. The molecule has 1 saturated heterocycles. The van der Waals surface area contributed by atoms with Gasteiger partial charge in [-0.3, -0.25) is 9.48 Å². The second-order valence-electron chi connectivity index (χ2n) is 7.18. The van der Waals surface area contributed by atoms with E-state index in [2.05, 4.69) is 16.1 Å². The van der Waals surface area contributed by atoms with E-state index >= 15 is 0 Å². The van der Waals surface area contributed by atoms with E-state index in [1.165, 1.54) is 0 Å². The Bertz CT molecular complexity index is 747. The zero-order chi connectivity index (χ0) is 18.0. The van der Waals surface area contributed by atoms with E-state index in [9.17, 15) is 4.79 Å². The fourth-order valence-corrected chi connectivity index (χ4v) is 3.32. The summed E-state index contributed by atoms with van der Waals surface area (Å²) in [7, 11) is 5.93. The van der Waals surface area contributed by atoms with Crippen molar-refractivity contribution in [1.82, 2.24) is 19.6 Å². The normalized spacial score (nSPS) is 17.6. The van der Waals surface area contributed by atoms with Gasteiger partial charge in [0.15, 0.2) is 5.69 Å². The van der Waals surface area contributed by atoms with Crippen LogP contribution in [0.25, 0.3) is 10.9 Å². The van der Waals surface area contributed by atoms with Crippen molar-refractivity contribution in [3.8, 4) is 0 Å². The van der Waals surface area contributed by atoms with E-state index in [1.807, 2.05) is 45.1 Å². The zero-order valence-electron chi connectivity index (χ0n) is 15.7. The SMILES string of the molecule is Cc1ccc2c(c1)c(C(=O)N(CCN(C)C)CC1CCCO1)nn2C. The van der Waals surface area contributed by atoms with Crippen molar-refractivity contribution in [1.29, 1.82) is 0 Å². The number of nitrogens with zero attached hydrogens (tertiary/aromatic N) is 4. The third kappa shape index (κ3) is 4.02. The summed E-state index contributed by atoms with van der Waals surface area (Å²) in [5, 5.41) is 5.45. The van der Waals surface area contributed by atoms with Gasteiger partial charge in [0.2, 0.25) is 0 Å². The number of hydrogen-bond donors (Lipinski definition) is 0. The van der Waals surface area contributed by atoms with Gasteiger partial charge in [-0.1, -0.05) is 11.6 Å². The summed E-state index contributed by atoms with van der Waals surface area (Å²) >= 11 is 0. The third-order valence-electron chi connectivity index (χ3n) is 4.76. The minimum atomic E-state index is -0.00597. The number of carbonyl (C=O) groups is 1. The van der Waals surface area contributed by atoms with Crippen LogP contribution in [0, 0.1) is 6.92 Å². The Hall–Kier alpha value is -1.92. The van der Waals surface area contributed by atoms with Gasteiger partial charge >= 0.3 is 0 Å². The molecule has 0 saturated carbocycles. The average Bonchev–Trinajstić information content (AvgIpc) is 3.18. The summed E-state index contributed by atoms with van der Waals surface area (Å²) in [4.78, 5) is 17.3. The lowest BCUT2D eigenvalue weighted by Crippen LogP contribution is -2.41. The molecule has 25 heavy (non-hydrogen) atoms. The highest BCUT2D eigenvalue weighted by molar-refractivity contribution is 6.05. The molecule has 2 heterocycles. The highest BCUT2D eigenvalue weighted by Crippen LogP contribution is 2.22. The van der Waals surface area contributed by atoms with Crippen molar-refractivity contribution >= 4 is 16.8 Å². The summed E-state index contributed by atoms with van der Waals surface area (Å²) in [5.41, 5.74) is 2.66. The Balaban J connectivity index is 1.89. The molecule has 6 heteroatoms. The maximum Gasteiger partial charge on any atom is 0.275 e. The van der Waals surface area contributed by atoms with Gasteiger partial charge in [0.1, 0.15) is 0 Å². The Morgan fingerprint density at radius 2 is 2.16 bits per heavy atom. The molecule has 1 amide bonds. The fourth-order valence-electron chi connectivity index (χ4n) is 3.32. The van der Waals surface area contributed by atoms with E-state index in [1.54, 1.807) is 4.68 Å². The maximum atomic E-state index is 13.3. The molecule has 1 aromatic heterocycles. The molecular formula is C19H28N4O2. The van der Waals surface area contributed by atoms with Crippen LogP contribution in [0.3, 0.4) is 0 Å². The van der Waals surface area contributed by atoms with Gasteiger partial charge in [-0.15, -0.1) is 0 Å². The van der Waals surface area contributed by atoms with Crippen molar-refractivity contribution < 1.29 is 9.53 Å². The van der Waals surface area contributed by atoms with Crippen molar-refractivity contribution in [2.24, 2.45) is 7.05 Å². The zero-order valence-corrected chi connectivity index (χ0v) is 15.7. The van der Waals surface area contributed by atoms with Crippen molar-refractivity contribution in [3.05, 3.63) is 29.5 Å². The Kier molecular flexibility index (Phi) is 5.39. The summed E-state index contributed by atoms with van der Waals surface area (Å²) in [5.74, 6) is -0.00597. The molecule has 0 N–H and O–H groups in total. The summed E-state index contributed by atoms with van der Waals surface area (Å²) in [6, 6.07) is 6.12. The van der Waals surface area contributed by atoms with Crippen LogP contribution in [0.5, 0.6) is 0 Å². The molecule has 0 aliphatic carbocycles. The number of aryl methyl sites for hydroxylation is 2. The molecule has 1 fully saturated rings. The molecule has 136 valence electrons. The molecule has 1 atom stereocenters. The number of aromatic nitrogens is 2. The predicted molar refractivity (Wildman–Crippen MR) is 98.9 cm³/mol. The van der Waals surface area contributed by atoms with Gasteiger partial charge < -0.3 is 14.5 Å². The quantitative estimate of drug-likeness (QED) is 0.805. The third-order valence-corrected chi connectivity index (χ3v) is 4.76. The Labute approximate surface area is 149 Å². The first kappa shape index (κ1) is 17.9. The number of likely N-dealkylation sites (N-methyl/N-ethyl adjacent to an activating group) is 1. The number of hydrogen-bond acceptors (Lipinski definition) is 4. The molecule has 0 radical (unpaired) electrons. The van der Waals surface area contributed by atoms with Gasteiger partial charge in [0, 0.05) is 38.7 Å². The van der Waals surface area contributed by atoms with Gasteiger partial charge in [-0.25, -0.2) is 0 Å². The molecule has 2 aromatic rings.